The lowest BCUT2D eigenvalue weighted by atomic mass is 10.3. The summed E-state index contributed by atoms with van der Waals surface area (Å²) in [6.07, 6.45) is 3.08. The van der Waals surface area contributed by atoms with Crippen LogP contribution in [0.2, 0.25) is 0 Å². The third-order valence-electron chi connectivity index (χ3n) is 1.16. The van der Waals surface area contributed by atoms with Crippen LogP contribution in [-0.2, 0) is 4.74 Å². The Morgan fingerprint density at radius 2 is 2.12 bits per heavy atom. The summed E-state index contributed by atoms with van der Waals surface area (Å²) >= 11 is 0. The Kier molecular flexibility index (Phi) is 4.95. The largest absolute Gasteiger partial charge is 0.379 e. The Balaban J connectivity index is 0.000000222. The van der Waals surface area contributed by atoms with E-state index in [0.29, 0.717) is 6.10 Å². The van der Waals surface area contributed by atoms with Gasteiger partial charge in [0.1, 0.15) is 0 Å². The standard InChI is InChI=1S/C5H10O.H4N2/c1-5-3-2-4-6-5;1-2/h5H,2-4H2,1H3;1-2H2. The zero-order valence-corrected chi connectivity index (χ0v) is 5.26. The number of ether oxygens (including phenoxy) is 1. The topological polar surface area (TPSA) is 61.3 Å². The van der Waals surface area contributed by atoms with Crippen LogP contribution < -0.4 is 11.7 Å². The van der Waals surface area contributed by atoms with Crippen LogP contribution in [0.3, 0.4) is 0 Å². The molecule has 0 aromatic rings. The van der Waals surface area contributed by atoms with Gasteiger partial charge in [0.25, 0.3) is 0 Å². The summed E-state index contributed by atoms with van der Waals surface area (Å²) < 4.78 is 5.15. The minimum absolute atomic E-state index is 0.546. The molecule has 1 unspecified atom stereocenters. The van der Waals surface area contributed by atoms with Crippen molar-refractivity contribution in [3.8, 4) is 0 Å². The molecule has 50 valence electrons. The van der Waals surface area contributed by atoms with Crippen molar-refractivity contribution in [2.75, 3.05) is 6.61 Å². The van der Waals surface area contributed by atoms with E-state index >= 15 is 0 Å². The van der Waals surface area contributed by atoms with Gasteiger partial charge in [-0.15, -0.1) is 0 Å². The normalized spacial score (nSPS) is 26.6. The van der Waals surface area contributed by atoms with Gasteiger partial charge in [-0.2, -0.15) is 0 Å². The van der Waals surface area contributed by atoms with Gasteiger partial charge in [0.05, 0.1) is 6.10 Å². The lowest BCUT2D eigenvalue weighted by Gasteiger charge is -1.94. The molecule has 4 N–H and O–H groups in total. The molecular weight excluding hydrogens is 104 g/mol. The van der Waals surface area contributed by atoms with Crippen LogP contribution >= 0.6 is 0 Å². The first-order valence-corrected chi connectivity index (χ1v) is 2.84. The second-order valence-electron chi connectivity index (χ2n) is 1.82. The van der Waals surface area contributed by atoms with E-state index < -0.39 is 0 Å². The maximum atomic E-state index is 5.15. The predicted molar refractivity (Wildman–Crippen MR) is 33.0 cm³/mol. The van der Waals surface area contributed by atoms with Gasteiger partial charge in [-0.25, -0.2) is 0 Å². The van der Waals surface area contributed by atoms with Gasteiger partial charge in [0.2, 0.25) is 0 Å². The average molecular weight is 118 g/mol. The van der Waals surface area contributed by atoms with Crippen molar-refractivity contribution in [3.63, 3.8) is 0 Å². The van der Waals surface area contributed by atoms with Crippen molar-refractivity contribution in [1.29, 1.82) is 0 Å². The van der Waals surface area contributed by atoms with Crippen molar-refractivity contribution in [3.05, 3.63) is 0 Å². The minimum atomic E-state index is 0.546. The molecule has 1 saturated heterocycles. The van der Waals surface area contributed by atoms with Crippen LogP contribution in [0.5, 0.6) is 0 Å². The highest BCUT2D eigenvalue weighted by atomic mass is 16.5. The summed E-state index contributed by atoms with van der Waals surface area (Å²) in [6.45, 7) is 3.11. The summed E-state index contributed by atoms with van der Waals surface area (Å²) in [6, 6.07) is 0. The Hall–Kier alpha value is -0.120. The van der Waals surface area contributed by atoms with Gasteiger partial charge in [-0.1, -0.05) is 0 Å². The molecule has 1 aliphatic rings. The number of hydrazine groups is 1. The van der Waals surface area contributed by atoms with E-state index in [1.165, 1.54) is 12.8 Å². The van der Waals surface area contributed by atoms with Crippen LogP contribution in [0.15, 0.2) is 0 Å². The quantitative estimate of drug-likeness (QED) is 0.348. The Bertz CT molecular complexity index is 43.7. The predicted octanol–water partition coefficient (Wildman–Crippen LogP) is 0.00410. The molecular formula is C5H14N2O. The van der Waals surface area contributed by atoms with E-state index in [2.05, 4.69) is 18.6 Å². The Morgan fingerprint density at radius 3 is 2.25 bits per heavy atom. The second-order valence-corrected chi connectivity index (χ2v) is 1.82. The fourth-order valence-corrected chi connectivity index (χ4v) is 0.739. The molecule has 3 nitrogen and oxygen atoms in total. The molecule has 1 atom stereocenters. The number of nitrogens with two attached hydrogens (primary N) is 2. The average Bonchev–Trinajstić information content (AvgIpc) is 2.24. The number of hydrogen-bond donors (Lipinski definition) is 2. The van der Waals surface area contributed by atoms with Crippen LogP contribution in [0, 0.1) is 0 Å². The zero-order valence-electron chi connectivity index (χ0n) is 5.26. The number of hydrogen-bond acceptors (Lipinski definition) is 3. The fourth-order valence-electron chi connectivity index (χ4n) is 0.739. The molecule has 0 saturated carbocycles. The summed E-state index contributed by atoms with van der Waals surface area (Å²) in [5, 5.41) is 0. The maximum Gasteiger partial charge on any atom is 0.0547 e. The molecule has 0 spiro atoms. The minimum Gasteiger partial charge on any atom is -0.379 e. The summed E-state index contributed by atoms with van der Waals surface area (Å²) in [7, 11) is 0. The molecule has 0 aromatic carbocycles. The summed E-state index contributed by atoms with van der Waals surface area (Å²) in [4.78, 5) is 0. The monoisotopic (exact) mass is 118 g/mol. The van der Waals surface area contributed by atoms with Gasteiger partial charge >= 0.3 is 0 Å². The van der Waals surface area contributed by atoms with E-state index in [-0.39, 0.29) is 0 Å². The molecule has 3 heteroatoms. The molecule has 0 radical (unpaired) electrons. The number of rotatable bonds is 0. The first-order chi connectivity index (χ1) is 3.89. The highest BCUT2D eigenvalue weighted by molar-refractivity contribution is 4.56. The molecule has 1 heterocycles. The molecule has 0 aromatic heterocycles. The van der Waals surface area contributed by atoms with E-state index in [0.717, 1.165) is 6.61 Å². The van der Waals surface area contributed by atoms with Gasteiger partial charge < -0.3 is 4.74 Å². The smallest absolute Gasteiger partial charge is 0.0547 e. The Morgan fingerprint density at radius 1 is 1.50 bits per heavy atom. The maximum absolute atomic E-state index is 5.15. The van der Waals surface area contributed by atoms with Gasteiger partial charge in [-0.3, -0.25) is 11.7 Å². The Labute approximate surface area is 50.0 Å². The highest BCUT2D eigenvalue weighted by Crippen LogP contribution is 2.09. The molecule has 0 amide bonds. The van der Waals surface area contributed by atoms with Gasteiger partial charge in [0.15, 0.2) is 0 Å². The molecule has 0 bridgehead atoms. The van der Waals surface area contributed by atoms with Crippen LogP contribution in [0.1, 0.15) is 19.8 Å². The molecule has 0 aliphatic carbocycles. The molecule has 1 rings (SSSR count). The van der Waals surface area contributed by atoms with Gasteiger partial charge in [-0.05, 0) is 19.8 Å². The lowest BCUT2D eigenvalue weighted by molar-refractivity contribution is 0.125. The van der Waals surface area contributed by atoms with Crippen molar-refractivity contribution < 1.29 is 4.74 Å². The van der Waals surface area contributed by atoms with Crippen molar-refractivity contribution in [2.45, 2.75) is 25.9 Å². The first-order valence-electron chi connectivity index (χ1n) is 2.84. The van der Waals surface area contributed by atoms with E-state index in [9.17, 15) is 0 Å². The third kappa shape index (κ3) is 2.96. The fraction of sp³-hybridized carbons (Fsp3) is 1.00. The summed E-state index contributed by atoms with van der Waals surface area (Å²) in [5.41, 5.74) is 0. The van der Waals surface area contributed by atoms with Gasteiger partial charge in [0, 0.05) is 6.61 Å². The highest BCUT2D eigenvalue weighted by Gasteiger charge is 2.07. The lowest BCUT2D eigenvalue weighted by Crippen LogP contribution is -2.02. The molecule has 1 fully saturated rings. The molecule has 8 heavy (non-hydrogen) atoms. The first kappa shape index (κ1) is 7.88. The second kappa shape index (κ2) is 5.03. The van der Waals surface area contributed by atoms with Crippen molar-refractivity contribution in [2.24, 2.45) is 11.7 Å². The summed E-state index contributed by atoms with van der Waals surface area (Å²) in [5.74, 6) is 8.00. The van der Waals surface area contributed by atoms with Crippen molar-refractivity contribution >= 4 is 0 Å². The van der Waals surface area contributed by atoms with Crippen LogP contribution in [-0.4, -0.2) is 12.7 Å². The molecule has 1 aliphatic heterocycles. The van der Waals surface area contributed by atoms with E-state index in [4.69, 9.17) is 4.74 Å². The zero-order chi connectivity index (χ0) is 6.41. The van der Waals surface area contributed by atoms with Crippen LogP contribution in [0.25, 0.3) is 0 Å². The van der Waals surface area contributed by atoms with E-state index in [1.54, 1.807) is 0 Å². The SMILES string of the molecule is CC1CCCO1.NN. The van der Waals surface area contributed by atoms with Crippen molar-refractivity contribution in [1.82, 2.24) is 0 Å². The van der Waals surface area contributed by atoms with Crippen LogP contribution in [0.4, 0.5) is 0 Å². The third-order valence-corrected chi connectivity index (χ3v) is 1.16. The van der Waals surface area contributed by atoms with E-state index in [1.807, 2.05) is 0 Å².